The molecule has 112 valence electrons. The molecule has 21 heavy (non-hydrogen) atoms. The number of rotatable bonds is 2. The number of benzene rings is 1. The Labute approximate surface area is 119 Å². The third kappa shape index (κ3) is 2.39. The number of halogens is 3. The van der Waals surface area contributed by atoms with Crippen LogP contribution in [0.1, 0.15) is 37.5 Å². The summed E-state index contributed by atoms with van der Waals surface area (Å²) in [7, 11) is 0. The Morgan fingerprint density at radius 2 is 2.00 bits per heavy atom. The van der Waals surface area contributed by atoms with E-state index in [1.54, 1.807) is 6.07 Å². The summed E-state index contributed by atoms with van der Waals surface area (Å²) in [5.74, 6) is 0.857. The third-order valence-electron chi connectivity index (χ3n) is 4.05. The molecule has 1 aromatic heterocycles. The van der Waals surface area contributed by atoms with E-state index >= 15 is 0 Å². The van der Waals surface area contributed by atoms with Crippen LogP contribution in [0.5, 0.6) is 0 Å². The molecule has 0 saturated heterocycles. The van der Waals surface area contributed by atoms with Crippen molar-refractivity contribution in [2.45, 2.75) is 32.4 Å². The van der Waals surface area contributed by atoms with Gasteiger partial charge in [0.25, 0.3) is 0 Å². The molecule has 3 nitrogen and oxygen atoms in total. The minimum Gasteiger partial charge on any atom is -0.380 e. The predicted octanol–water partition coefficient (Wildman–Crippen LogP) is 4.46. The van der Waals surface area contributed by atoms with E-state index in [0.29, 0.717) is 16.9 Å². The number of nitrogens with zero attached hydrogens (tertiary/aromatic N) is 1. The molecule has 1 aromatic carbocycles. The molecular formula is C15H15F3N2O. The van der Waals surface area contributed by atoms with E-state index in [4.69, 9.17) is 10.3 Å². The van der Waals surface area contributed by atoms with Crippen molar-refractivity contribution in [1.82, 2.24) is 5.16 Å². The molecule has 1 saturated carbocycles. The molecule has 0 bridgehead atoms. The van der Waals surface area contributed by atoms with E-state index in [2.05, 4.69) is 19.0 Å². The van der Waals surface area contributed by atoms with Gasteiger partial charge in [-0.25, -0.2) is 0 Å². The van der Waals surface area contributed by atoms with Crippen LogP contribution in [0.3, 0.4) is 0 Å². The van der Waals surface area contributed by atoms with Crippen LogP contribution in [0.2, 0.25) is 0 Å². The van der Waals surface area contributed by atoms with Gasteiger partial charge in [-0.1, -0.05) is 31.1 Å². The molecule has 0 aliphatic heterocycles. The number of nitrogens with two attached hydrogens (primary N) is 1. The number of alkyl halides is 3. The Kier molecular flexibility index (Phi) is 2.83. The van der Waals surface area contributed by atoms with Crippen LogP contribution in [-0.2, 0) is 6.18 Å². The van der Waals surface area contributed by atoms with Crippen molar-refractivity contribution in [3.05, 3.63) is 35.6 Å². The van der Waals surface area contributed by atoms with E-state index in [1.165, 1.54) is 6.07 Å². The molecule has 1 aliphatic carbocycles. The Hall–Kier alpha value is -1.98. The Balaban J connectivity index is 2.08. The number of anilines is 1. The summed E-state index contributed by atoms with van der Waals surface area (Å²) >= 11 is 0. The minimum atomic E-state index is -4.39. The molecule has 0 spiro atoms. The summed E-state index contributed by atoms with van der Waals surface area (Å²) in [6.45, 7) is 4.15. The van der Waals surface area contributed by atoms with Gasteiger partial charge < -0.3 is 10.3 Å². The summed E-state index contributed by atoms with van der Waals surface area (Å²) in [5.41, 5.74) is 6.04. The fourth-order valence-corrected chi connectivity index (χ4v) is 2.61. The van der Waals surface area contributed by atoms with Crippen LogP contribution >= 0.6 is 0 Å². The standard InChI is InChI=1S/C15H15F3N2O/c1-14(2)7-10(14)12-11(13(19)20-21-12)8-4-3-5-9(6-8)15(16,17)18/h3-6,10H,7H2,1-2H3,(H2,19,20). The highest BCUT2D eigenvalue weighted by molar-refractivity contribution is 5.77. The molecule has 3 rings (SSSR count). The van der Waals surface area contributed by atoms with Crippen LogP contribution in [-0.4, -0.2) is 5.16 Å². The van der Waals surface area contributed by atoms with Gasteiger partial charge in [0.2, 0.25) is 0 Å². The van der Waals surface area contributed by atoms with Gasteiger partial charge in [0.1, 0.15) is 5.76 Å². The first-order valence-corrected chi connectivity index (χ1v) is 6.63. The predicted molar refractivity (Wildman–Crippen MR) is 72.5 cm³/mol. The first kappa shape index (κ1) is 14.0. The maximum Gasteiger partial charge on any atom is 0.416 e. The molecule has 1 heterocycles. The van der Waals surface area contributed by atoms with Crippen molar-refractivity contribution in [3.8, 4) is 11.1 Å². The molecule has 1 atom stereocenters. The van der Waals surface area contributed by atoms with E-state index in [9.17, 15) is 13.2 Å². The second-order valence-corrected chi connectivity index (χ2v) is 6.13. The SMILES string of the molecule is CC1(C)CC1c1onc(N)c1-c1cccc(C(F)(F)F)c1. The normalized spacial score (nSPS) is 20.5. The summed E-state index contributed by atoms with van der Waals surface area (Å²) < 4.78 is 43.8. The van der Waals surface area contributed by atoms with Gasteiger partial charge >= 0.3 is 6.18 Å². The summed E-state index contributed by atoms with van der Waals surface area (Å²) in [6, 6.07) is 5.08. The second kappa shape index (κ2) is 4.26. The monoisotopic (exact) mass is 296 g/mol. The zero-order valence-corrected chi connectivity index (χ0v) is 11.7. The van der Waals surface area contributed by atoms with Crippen molar-refractivity contribution in [2.75, 3.05) is 5.73 Å². The first-order chi connectivity index (χ1) is 9.70. The molecule has 1 aliphatic rings. The highest BCUT2D eigenvalue weighted by Crippen LogP contribution is 2.60. The molecule has 0 radical (unpaired) electrons. The van der Waals surface area contributed by atoms with Gasteiger partial charge in [-0.3, -0.25) is 0 Å². The van der Waals surface area contributed by atoms with E-state index in [1.807, 2.05) is 0 Å². The van der Waals surface area contributed by atoms with Gasteiger partial charge in [0.05, 0.1) is 11.1 Å². The average molecular weight is 296 g/mol. The zero-order valence-electron chi connectivity index (χ0n) is 11.7. The lowest BCUT2D eigenvalue weighted by Gasteiger charge is -2.09. The van der Waals surface area contributed by atoms with Gasteiger partial charge in [0, 0.05) is 5.92 Å². The Morgan fingerprint density at radius 1 is 1.33 bits per heavy atom. The van der Waals surface area contributed by atoms with Crippen molar-refractivity contribution in [1.29, 1.82) is 0 Å². The first-order valence-electron chi connectivity index (χ1n) is 6.63. The maximum atomic E-state index is 12.8. The van der Waals surface area contributed by atoms with Crippen LogP contribution in [0, 0.1) is 5.41 Å². The van der Waals surface area contributed by atoms with Crippen molar-refractivity contribution in [3.63, 3.8) is 0 Å². The van der Waals surface area contributed by atoms with Gasteiger partial charge in [0.15, 0.2) is 5.82 Å². The molecule has 2 aromatic rings. The third-order valence-corrected chi connectivity index (χ3v) is 4.05. The molecular weight excluding hydrogens is 281 g/mol. The summed E-state index contributed by atoms with van der Waals surface area (Å²) in [4.78, 5) is 0. The van der Waals surface area contributed by atoms with Gasteiger partial charge in [-0.2, -0.15) is 13.2 Å². The lowest BCUT2D eigenvalue weighted by atomic mass is 9.98. The van der Waals surface area contributed by atoms with Gasteiger partial charge in [-0.15, -0.1) is 0 Å². The molecule has 1 fully saturated rings. The number of hydrogen-bond acceptors (Lipinski definition) is 3. The summed E-state index contributed by atoms with van der Waals surface area (Å²) in [5, 5.41) is 3.73. The van der Waals surface area contributed by atoms with E-state index < -0.39 is 11.7 Å². The van der Waals surface area contributed by atoms with Crippen LogP contribution in [0.15, 0.2) is 28.8 Å². The number of nitrogen functional groups attached to an aromatic ring is 1. The second-order valence-electron chi connectivity index (χ2n) is 6.13. The molecule has 1 unspecified atom stereocenters. The largest absolute Gasteiger partial charge is 0.416 e. The Morgan fingerprint density at radius 3 is 2.57 bits per heavy atom. The fraction of sp³-hybridized carbons (Fsp3) is 0.400. The average Bonchev–Trinajstić information content (AvgIpc) is 2.85. The highest BCUT2D eigenvalue weighted by atomic mass is 19.4. The smallest absolute Gasteiger partial charge is 0.380 e. The van der Waals surface area contributed by atoms with Crippen LogP contribution < -0.4 is 5.73 Å². The molecule has 2 N–H and O–H groups in total. The van der Waals surface area contributed by atoms with Crippen molar-refractivity contribution in [2.24, 2.45) is 5.41 Å². The van der Waals surface area contributed by atoms with Crippen molar-refractivity contribution >= 4 is 5.82 Å². The van der Waals surface area contributed by atoms with Crippen LogP contribution in [0.25, 0.3) is 11.1 Å². The van der Waals surface area contributed by atoms with Crippen LogP contribution in [0.4, 0.5) is 19.0 Å². The fourth-order valence-electron chi connectivity index (χ4n) is 2.61. The topological polar surface area (TPSA) is 52.0 Å². The minimum absolute atomic E-state index is 0.0718. The Bertz CT molecular complexity index is 688. The molecule has 6 heteroatoms. The quantitative estimate of drug-likeness (QED) is 0.890. The highest BCUT2D eigenvalue weighted by Gasteiger charge is 2.50. The zero-order chi connectivity index (χ0) is 15.4. The number of hydrogen-bond donors (Lipinski definition) is 1. The van der Waals surface area contributed by atoms with Gasteiger partial charge in [-0.05, 0) is 29.5 Å². The molecule has 0 amide bonds. The maximum absolute atomic E-state index is 12.8. The number of aromatic nitrogens is 1. The lowest BCUT2D eigenvalue weighted by Crippen LogP contribution is -2.04. The van der Waals surface area contributed by atoms with Crippen molar-refractivity contribution < 1.29 is 17.7 Å². The van der Waals surface area contributed by atoms with E-state index in [0.717, 1.165) is 18.6 Å². The lowest BCUT2D eigenvalue weighted by molar-refractivity contribution is -0.137. The summed E-state index contributed by atoms with van der Waals surface area (Å²) in [6.07, 6.45) is -3.48. The van der Waals surface area contributed by atoms with E-state index in [-0.39, 0.29) is 17.2 Å².